The molecule has 2 rings (SSSR count). The Kier molecular flexibility index (Phi) is 2.81. The Morgan fingerprint density at radius 2 is 2.19 bits per heavy atom. The largest absolute Gasteiger partial charge is 0.454 e. The Morgan fingerprint density at radius 3 is 2.94 bits per heavy atom. The first-order chi connectivity index (χ1) is 7.66. The van der Waals surface area contributed by atoms with Gasteiger partial charge >= 0.3 is 0 Å². The van der Waals surface area contributed by atoms with Crippen LogP contribution in [0.1, 0.15) is 17.3 Å². The molecule has 0 saturated heterocycles. The van der Waals surface area contributed by atoms with Crippen LogP contribution in [-0.2, 0) is 0 Å². The van der Waals surface area contributed by atoms with Gasteiger partial charge in [0.1, 0.15) is 0 Å². The average molecular weight is 219 g/mol. The van der Waals surface area contributed by atoms with E-state index in [2.05, 4.69) is 11.9 Å². The molecule has 1 amide bonds. The van der Waals surface area contributed by atoms with Crippen LogP contribution in [0, 0.1) is 0 Å². The van der Waals surface area contributed by atoms with Crippen molar-refractivity contribution in [3.8, 4) is 11.5 Å². The van der Waals surface area contributed by atoms with Gasteiger partial charge in [0, 0.05) is 12.1 Å². The molecule has 16 heavy (non-hydrogen) atoms. The summed E-state index contributed by atoms with van der Waals surface area (Å²) in [7, 11) is 0. The number of ether oxygens (including phenoxy) is 2. The molecule has 0 fully saturated rings. The molecule has 1 aromatic carbocycles. The van der Waals surface area contributed by atoms with Crippen molar-refractivity contribution in [2.45, 2.75) is 6.92 Å². The van der Waals surface area contributed by atoms with Gasteiger partial charge in [-0.25, -0.2) is 0 Å². The van der Waals surface area contributed by atoms with E-state index >= 15 is 0 Å². The highest BCUT2D eigenvalue weighted by atomic mass is 16.7. The SMILES string of the molecule is C=C(C)CNC(=O)c1ccc2c(c1)OCO2. The minimum absolute atomic E-state index is 0.138. The van der Waals surface area contributed by atoms with E-state index in [1.807, 2.05) is 6.92 Å². The van der Waals surface area contributed by atoms with Crippen LogP contribution in [0.5, 0.6) is 11.5 Å². The number of carbonyl (C=O) groups excluding carboxylic acids is 1. The van der Waals surface area contributed by atoms with Crippen LogP contribution in [0.2, 0.25) is 0 Å². The molecule has 0 unspecified atom stereocenters. The van der Waals surface area contributed by atoms with Crippen LogP contribution in [-0.4, -0.2) is 19.2 Å². The van der Waals surface area contributed by atoms with E-state index < -0.39 is 0 Å². The number of fused-ring (bicyclic) bond motifs is 1. The lowest BCUT2D eigenvalue weighted by Crippen LogP contribution is -2.24. The summed E-state index contributed by atoms with van der Waals surface area (Å²) in [6.45, 7) is 6.27. The van der Waals surface area contributed by atoms with Crippen molar-refractivity contribution in [2.75, 3.05) is 13.3 Å². The van der Waals surface area contributed by atoms with Gasteiger partial charge in [0.2, 0.25) is 6.79 Å². The van der Waals surface area contributed by atoms with Gasteiger partial charge in [0.15, 0.2) is 11.5 Å². The first-order valence-corrected chi connectivity index (χ1v) is 4.99. The third-order valence-electron chi connectivity index (χ3n) is 2.19. The van der Waals surface area contributed by atoms with Gasteiger partial charge in [-0.05, 0) is 25.1 Å². The highest BCUT2D eigenvalue weighted by Gasteiger charge is 2.15. The summed E-state index contributed by atoms with van der Waals surface area (Å²) < 4.78 is 10.4. The molecule has 1 aliphatic rings. The van der Waals surface area contributed by atoms with Crippen molar-refractivity contribution >= 4 is 5.91 Å². The molecular formula is C12H13NO3. The smallest absolute Gasteiger partial charge is 0.251 e. The first kappa shape index (κ1) is 10.5. The number of rotatable bonds is 3. The van der Waals surface area contributed by atoms with Crippen LogP contribution in [0.4, 0.5) is 0 Å². The van der Waals surface area contributed by atoms with Crippen LogP contribution in [0.15, 0.2) is 30.4 Å². The van der Waals surface area contributed by atoms with Crippen molar-refractivity contribution in [1.82, 2.24) is 5.32 Å². The molecule has 0 bridgehead atoms. The van der Waals surface area contributed by atoms with Crippen LogP contribution in [0.3, 0.4) is 0 Å². The van der Waals surface area contributed by atoms with Gasteiger partial charge in [0.25, 0.3) is 5.91 Å². The lowest BCUT2D eigenvalue weighted by molar-refractivity contribution is 0.0956. The summed E-state index contributed by atoms with van der Waals surface area (Å²) in [5.74, 6) is 1.15. The lowest BCUT2D eigenvalue weighted by atomic mass is 10.2. The molecule has 1 aliphatic heterocycles. The zero-order valence-corrected chi connectivity index (χ0v) is 9.08. The van der Waals surface area contributed by atoms with E-state index in [4.69, 9.17) is 9.47 Å². The zero-order chi connectivity index (χ0) is 11.5. The van der Waals surface area contributed by atoms with E-state index in [1.54, 1.807) is 18.2 Å². The molecule has 4 nitrogen and oxygen atoms in total. The van der Waals surface area contributed by atoms with Gasteiger partial charge in [-0.2, -0.15) is 0 Å². The van der Waals surface area contributed by atoms with E-state index in [0.29, 0.717) is 23.6 Å². The minimum Gasteiger partial charge on any atom is -0.454 e. The fourth-order valence-corrected chi connectivity index (χ4v) is 1.37. The summed E-state index contributed by atoms with van der Waals surface area (Å²) in [6.07, 6.45) is 0. The van der Waals surface area contributed by atoms with E-state index in [0.717, 1.165) is 5.57 Å². The third kappa shape index (κ3) is 2.16. The van der Waals surface area contributed by atoms with Crippen molar-refractivity contribution < 1.29 is 14.3 Å². The van der Waals surface area contributed by atoms with Crippen LogP contribution >= 0.6 is 0 Å². The molecule has 84 valence electrons. The molecule has 0 atom stereocenters. The molecule has 0 aliphatic carbocycles. The van der Waals surface area contributed by atoms with Gasteiger partial charge in [-0.15, -0.1) is 0 Å². The minimum atomic E-state index is -0.138. The monoisotopic (exact) mass is 219 g/mol. The molecule has 0 aromatic heterocycles. The average Bonchev–Trinajstić information content (AvgIpc) is 2.72. The molecule has 4 heteroatoms. The predicted molar refractivity (Wildman–Crippen MR) is 59.7 cm³/mol. The van der Waals surface area contributed by atoms with Gasteiger partial charge in [-0.1, -0.05) is 12.2 Å². The summed E-state index contributed by atoms with van der Waals surface area (Å²) in [6, 6.07) is 5.12. The second-order valence-electron chi connectivity index (χ2n) is 3.71. The van der Waals surface area contributed by atoms with E-state index in [1.165, 1.54) is 0 Å². The second-order valence-corrected chi connectivity index (χ2v) is 3.71. The van der Waals surface area contributed by atoms with Crippen molar-refractivity contribution in [3.05, 3.63) is 35.9 Å². The van der Waals surface area contributed by atoms with Crippen molar-refractivity contribution in [1.29, 1.82) is 0 Å². The Hall–Kier alpha value is -1.97. The summed E-state index contributed by atoms with van der Waals surface area (Å²) >= 11 is 0. The maximum Gasteiger partial charge on any atom is 0.251 e. The topological polar surface area (TPSA) is 47.6 Å². The van der Waals surface area contributed by atoms with Crippen LogP contribution < -0.4 is 14.8 Å². The molecule has 1 N–H and O–H groups in total. The maximum atomic E-state index is 11.7. The zero-order valence-electron chi connectivity index (χ0n) is 9.08. The summed E-state index contributed by atoms with van der Waals surface area (Å²) in [4.78, 5) is 11.7. The maximum absolute atomic E-state index is 11.7. The molecule has 0 saturated carbocycles. The number of hydrogen-bond donors (Lipinski definition) is 1. The summed E-state index contributed by atoms with van der Waals surface area (Å²) in [5, 5.41) is 2.75. The molecule has 0 spiro atoms. The van der Waals surface area contributed by atoms with Crippen molar-refractivity contribution in [2.24, 2.45) is 0 Å². The fraction of sp³-hybridized carbons (Fsp3) is 0.250. The Balaban J connectivity index is 2.09. The Labute approximate surface area is 93.9 Å². The Morgan fingerprint density at radius 1 is 1.44 bits per heavy atom. The van der Waals surface area contributed by atoms with Crippen molar-refractivity contribution in [3.63, 3.8) is 0 Å². The number of benzene rings is 1. The molecule has 1 heterocycles. The molecule has 0 radical (unpaired) electrons. The Bertz CT molecular complexity index is 440. The number of nitrogens with one attached hydrogen (secondary N) is 1. The third-order valence-corrected chi connectivity index (χ3v) is 2.19. The highest BCUT2D eigenvalue weighted by Crippen LogP contribution is 2.32. The quantitative estimate of drug-likeness (QED) is 0.787. The van der Waals surface area contributed by atoms with E-state index in [9.17, 15) is 4.79 Å². The van der Waals surface area contributed by atoms with E-state index in [-0.39, 0.29) is 12.7 Å². The number of carbonyl (C=O) groups is 1. The lowest BCUT2D eigenvalue weighted by Gasteiger charge is -2.05. The van der Waals surface area contributed by atoms with Gasteiger partial charge in [0.05, 0.1) is 0 Å². The first-order valence-electron chi connectivity index (χ1n) is 4.99. The molecular weight excluding hydrogens is 206 g/mol. The highest BCUT2D eigenvalue weighted by molar-refractivity contribution is 5.95. The predicted octanol–water partition coefficient (Wildman–Crippen LogP) is 1.72. The summed E-state index contributed by atoms with van der Waals surface area (Å²) in [5.41, 5.74) is 1.47. The molecule has 1 aromatic rings. The number of amides is 1. The normalized spacial score (nSPS) is 12.3. The van der Waals surface area contributed by atoms with Crippen LogP contribution in [0.25, 0.3) is 0 Å². The second kappa shape index (κ2) is 4.26. The number of hydrogen-bond acceptors (Lipinski definition) is 3. The fourth-order valence-electron chi connectivity index (χ4n) is 1.37. The standard InChI is InChI=1S/C12H13NO3/c1-8(2)6-13-12(14)9-3-4-10-11(5-9)16-7-15-10/h3-5H,1,6-7H2,2H3,(H,13,14). The van der Waals surface area contributed by atoms with Gasteiger partial charge in [-0.3, -0.25) is 4.79 Å². The van der Waals surface area contributed by atoms with Gasteiger partial charge < -0.3 is 14.8 Å².